The fourth-order valence-electron chi connectivity index (χ4n) is 1.60. The van der Waals surface area contributed by atoms with Gasteiger partial charge in [0.1, 0.15) is 5.56 Å². The Bertz CT molecular complexity index is 582. The Labute approximate surface area is 107 Å². The van der Waals surface area contributed by atoms with Crippen molar-refractivity contribution in [3.63, 3.8) is 0 Å². The van der Waals surface area contributed by atoms with Gasteiger partial charge in [-0.2, -0.15) is 4.98 Å². The molecule has 1 amide bonds. The number of carbonyl (C=O) groups is 1. The van der Waals surface area contributed by atoms with E-state index in [1.54, 1.807) is 16.8 Å². The molecule has 8 nitrogen and oxygen atoms in total. The molecule has 0 aliphatic heterocycles. The predicted octanol–water partition coefficient (Wildman–Crippen LogP) is -0.952. The SMILES string of the molecule is NC(=O)c1c(NCl)nc(NCC[NH3+])n2ccnc12. The third-order valence-electron chi connectivity index (χ3n) is 2.34. The van der Waals surface area contributed by atoms with E-state index in [1.165, 1.54) is 0 Å². The quantitative estimate of drug-likeness (QED) is 0.521. The molecule has 0 aromatic carbocycles. The largest absolute Gasteiger partial charge is 0.365 e. The lowest BCUT2D eigenvalue weighted by Crippen LogP contribution is -2.53. The second-order valence-electron chi connectivity index (χ2n) is 3.52. The summed E-state index contributed by atoms with van der Waals surface area (Å²) in [5.74, 6) is 0.0410. The third-order valence-corrected chi connectivity index (χ3v) is 2.52. The van der Waals surface area contributed by atoms with Gasteiger partial charge in [0.15, 0.2) is 11.5 Å². The van der Waals surface area contributed by atoms with Gasteiger partial charge in [0.25, 0.3) is 5.91 Å². The fraction of sp³-hybridized carbons (Fsp3) is 0.222. The van der Waals surface area contributed by atoms with E-state index in [-0.39, 0.29) is 11.4 Å². The van der Waals surface area contributed by atoms with Crippen molar-refractivity contribution in [1.82, 2.24) is 14.4 Å². The van der Waals surface area contributed by atoms with Crippen molar-refractivity contribution in [3.8, 4) is 0 Å². The molecular weight excluding hydrogens is 258 g/mol. The number of nitrogens with two attached hydrogens (primary N) is 1. The van der Waals surface area contributed by atoms with Crippen molar-refractivity contribution in [2.24, 2.45) is 5.73 Å². The molecule has 0 saturated heterocycles. The van der Waals surface area contributed by atoms with Crippen molar-refractivity contribution in [1.29, 1.82) is 0 Å². The first-order valence-corrected chi connectivity index (χ1v) is 5.63. The molecule has 18 heavy (non-hydrogen) atoms. The zero-order chi connectivity index (χ0) is 13.1. The molecule has 0 aliphatic carbocycles. The maximum atomic E-state index is 11.4. The van der Waals surface area contributed by atoms with Crippen LogP contribution in [0.2, 0.25) is 0 Å². The summed E-state index contributed by atoms with van der Waals surface area (Å²) in [4.78, 5) is 22.0. The van der Waals surface area contributed by atoms with Gasteiger partial charge in [0, 0.05) is 24.2 Å². The van der Waals surface area contributed by atoms with Crippen LogP contribution in [0.5, 0.6) is 0 Å². The lowest BCUT2D eigenvalue weighted by molar-refractivity contribution is -0.362. The first-order chi connectivity index (χ1) is 8.69. The van der Waals surface area contributed by atoms with Gasteiger partial charge in [-0.25, -0.2) is 4.98 Å². The molecule has 2 aromatic heterocycles. The van der Waals surface area contributed by atoms with Crippen LogP contribution in [-0.2, 0) is 0 Å². The topological polar surface area (TPSA) is 125 Å². The number of rotatable bonds is 5. The number of primary amides is 1. The highest BCUT2D eigenvalue weighted by molar-refractivity contribution is 6.25. The number of carbonyl (C=O) groups excluding carboxylic acids is 1. The number of nitrogens with zero attached hydrogens (tertiary/aromatic N) is 3. The molecule has 0 radical (unpaired) electrons. The van der Waals surface area contributed by atoms with Crippen LogP contribution in [0.3, 0.4) is 0 Å². The van der Waals surface area contributed by atoms with E-state index in [0.29, 0.717) is 24.7 Å². The zero-order valence-electron chi connectivity index (χ0n) is 9.48. The average Bonchev–Trinajstić information content (AvgIpc) is 2.83. The van der Waals surface area contributed by atoms with Crippen LogP contribution in [-0.4, -0.2) is 33.4 Å². The van der Waals surface area contributed by atoms with Crippen molar-refractivity contribution in [2.75, 3.05) is 23.2 Å². The number of hydrogen-bond acceptors (Lipinski definition) is 5. The van der Waals surface area contributed by atoms with E-state index < -0.39 is 5.91 Å². The highest BCUT2D eigenvalue weighted by Gasteiger charge is 2.18. The van der Waals surface area contributed by atoms with Crippen molar-refractivity contribution in [3.05, 3.63) is 18.0 Å². The molecule has 0 unspecified atom stereocenters. The number of quaternary nitrogens is 1. The standard InChI is InChI=1S/C9H12ClN7O/c10-16-7-5(6(12)18)8-13-3-4-17(8)9(15-7)14-2-1-11/h3-4,16H,1-2,11H2,(H2,12,18)(H,14,15)/p+1. The van der Waals surface area contributed by atoms with E-state index in [0.717, 1.165) is 0 Å². The number of nitrogens with one attached hydrogen (secondary N) is 2. The molecular formula is C9H13ClN7O+. The van der Waals surface area contributed by atoms with Crippen molar-refractivity contribution in [2.45, 2.75) is 0 Å². The Morgan fingerprint density at radius 3 is 3.00 bits per heavy atom. The van der Waals surface area contributed by atoms with Gasteiger partial charge in [0.05, 0.1) is 13.1 Å². The second-order valence-corrected chi connectivity index (χ2v) is 3.71. The predicted molar refractivity (Wildman–Crippen MR) is 67.2 cm³/mol. The van der Waals surface area contributed by atoms with E-state index in [9.17, 15) is 4.79 Å². The average molecular weight is 271 g/mol. The van der Waals surface area contributed by atoms with Gasteiger partial charge in [-0.3, -0.25) is 14.0 Å². The van der Waals surface area contributed by atoms with Crippen LogP contribution in [0, 0.1) is 0 Å². The summed E-state index contributed by atoms with van der Waals surface area (Å²) in [6.45, 7) is 1.33. The highest BCUT2D eigenvalue weighted by atomic mass is 35.5. The lowest BCUT2D eigenvalue weighted by Gasteiger charge is -2.11. The molecule has 9 heteroatoms. The summed E-state index contributed by atoms with van der Waals surface area (Å²) in [5.41, 5.74) is 9.57. The number of halogens is 1. The molecule has 0 atom stereocenters. The molecule has 0 spiro atoms. The van der Waals surface area contributed by atoms with Gasteiger partial charge in [0.2, 0.25) is 5.95 Å². The molecule has 0 saturated carbocycles. The smallest absolute Gasteiger partial charge is 0.256 e. The first kappa shape index (κ1) is 12.4. The second kappa shape index (κ2) is 5.07. The number of anilines is 2. The van der Waals surface area contributed by atoms with Crippen LogP contribution in [0.1, 0.15) is 10.4 Å². The normalized spacial score (nSPS) is 10.6. The third kappa shape index (κ3) is 2.03. The monoisotopic (exact) mass is 270 g/mol. The number of hydrogen-bond donors (Lipinski definition) is 4. The summed E-state index contributed by atoms with van der Waals surface area (Å²) in [7, 11) is 0. The maximum Gasteiger partial charge on any atom is 0.256 e. The Balaban J connectivity index is 2.64. The highest BCUT2D eigenvalue weighted by Crippen LogP contribution is 2.21. The summed E-state index contributed by atoms with van der Waals surface area (Å²) in [6.07, 6.45) is 3.23. The maximum absolute atomic E-state index is 11.4. The zero-order valence-corrected chi connectivity index (χ0v) is 10.2. The molecule has 0 fully saturated rings. The molecule has 96 valence electrons. The molecule has 0 bridgehead atoms. The number of imidazole rings is 1. The Morgan fingerprint density at radius 2 is 2.39 bits per heavy atom. The summed E-state index contributed by atoms with van der Waals surface area (Å²) in [6, 6.07) is 0. The summed E-state index contributed by atoms with van der Waals surface area (Å²) in [5, 5.41) is 3.06. The number of aromatic nitrogens is 3. The Hall–Kier alpha value is -2.06. The summed E-state index contributed by atoms with van der Waals surface area (Å²) >= 11 is 5.55. The fourth-order valence-corrected chi connectivity index (χ4v) is 1.74. The summed E-state index contributed by atoms with van der Waals surface area (Å²) < 4.78 is 1.63. The van der Waals surface area contributed by atoms with Crippen LogP contribution in [0.25, 0.3) is 5.65 Å². The van der Waals surface area contributed by atoms with Crippen LogP contribution < -0.4 is 21.6 Å². The van der Waals surface area contributed by atoms with Crippen LogP contribution in [0.4, 0.5) is 11.8 Å². The Kier molecular flexibility index (Phi) is 3.49. The van der Waals surface area contributed by atoms with E-state index in [4.69, 9.17) is 17.5 Å². The van der Waals surface area contributed by atoms with Gasteiger partial charge in [-0.05, 0) is 0 Å². The van der Waals surface area contributed by atoms with Crippen LogP contribution in [0.15, 0.2) is 12.4 Å². The van der Waals surface area contributed by atoms with Gasteiger partial charge >= 0.3 is 0 Å². The number of amides is 1. The minimum Gasteiger partial charge on any atom is -0.365 e. The van der Waals surface area contributed by atoms with Crippen molar-refractivity contribution >= 4 is 35.1 Å². The minimum atomic E-state index is -0.648. The van der Waals surface area contributed by atoms with E-state index >= 15 is 0 Å². The molecule has 2 heterocycles. The molecule has 7 N–H and O–H groups in total. The first-order valence-electron chi connectivity index (χ1n) is 5.25. The van der Waals surface area contributed by atoms with E-state index in [1.807, 2.05) is 0 Å². The van der Waals surface area contributed by atoms with Crippen molar-refractivity contribution < 1.29 is 10.5 Å². The van der Waals surface area contributed by atoms with Gasteiger partial charge in [-0.15, -0.1) is 0 Å². The lowest BCUT2D eigenvalue weighted by atomic mass is 10.3. The van der Waals surface area contributed by atoms with E-state index in [2.05, 4.69) is 25.9 Å². The molecule has 0 aliphatic rings. The number of fused-ring (bicyclic) bond motifs is 1. The molecule has 2 rings (SSSR count). The minimum absolute atomic E-state index is 0.148. The molecule has 2 aromatic rings. The van der Waals surface area contributed by atoms with Gasteiger partial charge in [-0.1, -0.05) is 0 Å². The Morgan fingerprint density at radius 1 is 1.61 bits per heavy atom. The van der Waals surface area contributed by atoms with Gasteiger partial charge < -0.3 is 16.8 Å². The van der Waals surface area contributed by atoms with Crippen LogP contribution >= 0.6 is 11.8 Å².